The Bertz CT molecular complexity index is 1480. The molecule has 1 N–H and O–H groups in total. The van der Waals surface area contributed by atoms with Gasteiger partial charge >= 0.3 is 5.97 Å². The molecule has 0 spiro atoms. The second-order valence-corrected chi connectivity index (χ2v) is 8.18. The number of esters is 1. The number of methoxy groups -OCH3 is 1. The maximum atomic E-state index is 12.8. The SMILES string of the molecule is C=CCc1cc(/C=C(\C#N)C(=O)Nc2ccc(C(=O)OC)cc2)cc(OCC)c1OCc1ccccc1C#N. The minimum atomic E-state index is -0.611. The summed E-state index contributed by atoms with van der Waals surface area (Å²) >= 11 is 0. The Kier molecular flexibility index (Phi) is 10.0. The molecule has 0 aliphatic rings. The lowest BCUT2D eigenvalue weighted by atomic mass is 10.0. The van der Waals surface area contributed by atoms with E-state index in [1.807, 2.05) is 25.1 Å². The van der Waals surface area contributed by atoms with Crippen LogP contribution in [0.3, 0.4) is 0 Å². The van der Waals surface area contributed by atoms with Gasteiger partial charge in [0, 0.05) is 16.8 Å². The van der Waals surface area contributed by atoms with Crippen LogP contribution in [0.5, 0.6) is 11.5 Å². The molecule has 39 heavy (non-hydrogen) atoms. The molecule has 3 aromatic carbocycles. The summed E-state index contributed by atoms with van der Waals surface area (Å²) in [7, 11) is 1.28. The molecule has 0 aliphatic carbocycles. The van der Waals surface area contributed by atoms with E-state index in [1.54, 1.807) is 42.5 Å². The summed E-state index contributed by atoms with van der Waals surface area (Å²) in [6.45, 7) is 6.18. The van der Waals surface area contributed by atoms with Crippen LogP contribution in [-0.2, 0) is 22.6 Å². The third-order valence-corrected chi connectivity index (χ3v) is 5.57. The lowest BCUT2D eigenvalue weighted by Gasteiger charge is -2.17. The first-order valence-electron chi connectivity index (χ1n) is 12.1. The van der Waals surface area contributed by atoms with E-state index >= 15 is 0 Å². The molecule has 0 aliphatic heterocycles. The van der Waals surface area contributed by atoms with E-state index in [9.17, 15) is 20.1 Å². The van der Waals surface area contributed by atoms with Crippen LogP contribution in [0.1, 0.15) is 39.5 Å². The summed E-state index contributed by atoms with van der Waals surface area (Å²) in [4.78, 5) is 24.5. The maximum absolute atomic E-state index is 12.8. The van der Waals surface area contributed by atoms with Crippen molar-refractivity contribution < 1.29 is 23.8 Å². The van der Waals surface area contributed by atoms with Crippen LogP contribution < -0.4 is 14.8 Å². The summed E-state index contributed by atoms with van der Waals surface area (Å²) in [5.74, 6) is -0.170. The summed E-state index contributed by atoms with van der Waals surface area (Å²) in [5, 5.41) is 21.8. The van der Waals surface area contributed by atoms with Gasteiger partial charge in [-0.25, -0.2) is 4.79 Å². The van der Waals surface area contributed by atoms with Crippen molar-refractivity contribution in [3.05, 3.63) is 107 Å². The van der Waals surface area contributed by atoms with Gasteiger partial charge in [-0.3, -0.25) is 4.79 Å². The average Bonchev–Trinajstić information content (AvgIpc) is 2.95. The molecular formula is C31H27N3O5. The van der Waals surface area contributed by atoms with Crippen molar-refractivity contribution in [1.82, 2.24) is 0 Å². The molecule has 0 heterocycles. The molecule has 196 valence electrons. The Morgan fingerprint density at radius 1 is 1.03 bits per heavy atom. The van der Waals surface area contributed by atoms with Crippen LogP contribution >= 0.6 is 0 Å². The van der Waals surface area contributed by atoms with Gasteiger partial charge in [-0.05, 0) is 67.4 Å². The average molecular weight is 522 g/mol. The van der Waals surface area contributed by atoms with E-state index in [1.165, 1.54) is 25.3 Å². The number of carbonyl (C=O) groups excluding carboxylic acids is 2. The van der Waals surface area contributed by atoms with Gasteiger partial charge in [0.1, 0.15) is 18.2 Å². The van der Waals surface area contributed by atoms with Gasteiger partial charge in [0.2, 0.25) is 0 Å². The predicted molar refractivity (Wildman–Crippen MR) is 147 cm³/mol. The Labute approximate surface area is 227 Å². The molecule has 0 fully saturated rings. The van der Waals surface area contributed by atoms with Gasteiger partial charge in [0.25, 0.3) is 5.91 Å². The third-order valence-electron chi connectivity index (χ3n) is 5.57. The Hall–Kier alpha value is -5.34. The van der Waals surface area contributed by atoms with E-state index in [2.05, 4.69) is 22.7 Å². The first-order valence-corrected chi connectivity index (χ1v) is 12.1. The van der Waals surface area contributed by atoms with Crippen LogP contribution in [0.2, 0.25) is 0 Å². The molecule has 3 aromatic rings. The maximum Gasteiger partial charge on any atom is 0.337 e. The summed E-state index contributed by atoms with van der Waals surface area (Å²) in [6, 6.07) is 20.9. The molecule has 0 atom stereocenters. The number of nitriles is 2. The standard InChI is InChI=1S/C31H27N3O5/c1-4-8-23-15-21(16-26(19-33)30(35)34-27-13-11-22(12-14-27)31(36)37-3)17-28(38-5-2)29(23)39-20-25-10-7-6-9-24(25)18-32/h4,6-7,9-17H,1,5,8,20H2,2-3H3,(H,34,35)/b26-16+. The Morgan fingerprint density at radius 2 is 1.77 bits per heavy atom. The highest BCUT2D eigenvalue weighted by molar-refractivity contribution is 6.09. The van der Waals surface area contributed by atoms with Crippen LogP contribution in [-0.4, -0.2) is 25.6 Å². The van der Waals surface area contributed by atoms with Crippen LogP contribution in [0.25, 0.3) is 6.08 Å². The largest absolute Gasteiger partial charge is 0.490 e. The van der Waals surface area contributed by atoms with Gasteiger partial charge in [0.15, 0.2) is 11.5 Å². The van der Waals surface area contributed by atoms with E-state index in [4.69, 9.17) is 9.47 Å². The van der Waals surface area contributed by atoms with Crippen LogP contribution in [0, 0.1) is 22.7 Å². The number of amides is 1. The van der Waals surface area contributed by atoms with Gasteiger partial charge in [-0.1, -0.05) is 24.3 Å². The van der Waals surface area contributed by atoms with E-state index in [0.717, 1.165) is 11.1 Å². The Morgan fingerprint density at radius 3 is 2.41 bits per heavy atom. The van der Waals surface area contributed by atoms with E-state index < -0.39 is 11.9 Å². The number of benzene rings is 3. The fraction of sp³-hybridized carbons (Fsp3) is 0.161. The van der Waals surface area contributed by atoms with Crippen LogP contribution in [0.4, 0.5) is 5.69 Å². The molecule has 1 amide bonds. The molecule has 0 saturated carbocycles. The molecule has 3 rings (SSSR count). The van der Waals surface area contributed by atoms with Crippen molar-refractivity contribution in [2.45, 2.75) is 20.0 Å². The lowest BCUT2D eigenvalue weighted by Crippen LogP contribution is -2.13. The number of ether oxygens (including phenoxy) is 3. The van der Waals surface area contributed by atoms with Crippen molar-refractivity contribution >= 4 is 23.6 Å². The summed E-state index contributed by atoms with van der Waals surface area (Å²) < 4.78 is 16.6. The minimum Gasteiger partial charge on any atom is -0.490 e. The zero-order chi connectivity index (χ0) is 28.2. The molecule has 0 unspecified atom stereocenters. The second kappa shape index (κ2) is 13.8. The molecular weight excluding hydrogens is 494 g/mol. The fourth-order valence-corrected chi connectivity index (χ4v) is 3.73. The van der Waals surface area contributed by atoms with Crippen molar-refractivity contribution in [2.75, 3.05) is 19.0 Å². The first-order chi connectivity index (χ1) is 18.9. The Balaban J connectivity index is 1.91. The number of rotatable bonds is 11. The van der Waals surface area contributed by atoms with Crippen molar-refractivity contribution in [3.63, 3.8) is 0 Å². The highest BCUT2D eigenvalue weighted by atomic mass is 16.5. The van der Waals surface area contributed by atoms with Gasteiger partial charge in [0.05, 0.1) is 30.9 Å². The molecule has 0 bridgehead atoms. The first kappa shape index (κ1) is 28.2. The molecule has 0 aromatic heterocycles. The van der Waals surface area contributed by atoms with Gasteiger partial charge in [-0.2, -0.15) is 10.5 Å². The number of anilines is 1. The molecule has 8 heteroatoms. The number of hydrogen-bond donors (Lipinski definition) is 1. The normalized spacial score (nSPS) is 10.5. The van der Waals surface area contributed by atoms with E-state index in [0.29, 0.717) is 46.9 Å². The van der Waals surface area contributed by atoms with Crippen molar-refractivity contribution in [3.8, 4) is 23.6 Å². The smallest absolute Gasteiger partial charge is 0.337 e. The molecule has 0 radical (unpaired) electrons. The number of nitrogens with zero attached hydrogens (tertiary/aromatic N) is 2. The molecule has 0 saturated heterocycles. The molecule has 8 nitrogen and oxygen atoms in total. The quantitative estimate of drug-likeness (QED) is 0.151. The summed E-state index contributed by atoms with van der Waals surface area (Å²) in [5.41, 5.74) is 3.18. The van der Waals surface area contributed by atoms with Crippen LogP contribution in [0.15, 0.2) is 78.9 Å². The summed E-state index contributed by atoms with van der Waals surface area (Å²) in [6.07, 6.45) is 3.62. The number of carbonyl (C=O) groups is 2. The zero-order valence-electron chi connectivity index (χ0n) is 21.7. The second-order valence-electron chi connectivity index (χ2n) is 8.18. The number of nitrogens with one attached hydrogen (secondary N) is 1. The minimum absolute atomic E-state index is 0.129. The monoisotopic (exact) mass is 521 g/mol. The lowest BCUT2D eigenvalue weighted by molar-refractivity contribution is -0.112. The number of allylic oxidation sites excluding steroid dienone is 1. The third kappa shape index (κ3) is 7.34. The zero-order valence-corrected chi connectivity index (χ0v) is 21.7. The highest BCUT2D eigenvalue weighted by Crippen LogP contribution is 2.35. The van der Waals surface area contributed by atoms with Gasteiger partial charge < -0.3 is 19.5 Å². The highest BCUT2D eigenvalue weighted by Gasteiger charge is 2.16. The predicted octanol–water partition coefficient (Wildman–Crippen LogP) is 5.60. The van der Waals surface area contributed by atoms with Gasteiger partial charge in [-0.15, -0.1) is 6.58 Å². The number of hydrogen-bond acceptors (Lipinski definition) is 7. The van der Waals surface area contributed by atoms with Crippen molar-refractivity contribution in [1.29, 1.82) is 10.5 Å². The fourth-order valence-electron chi connectivity index (χ4n) is 3.73. The van der Waals surface area contributed by atoms with E-state index in [-0.39, 0.29) is 12.2 Å². The topological polar surface area (TPSA) is 121 Å². The van der Waals surface area contributed by atoms with Crippen molar-refractivity contribution in [2.24, 2.45) is 0 Å².